The maximum Gasteiger partial charge on any atom is 0.261 e. The van der Waals surface area contributed by atoms with Crippen LogP contribution in [0.5, 0.6) is 0 Å². The van der Waals surface area contributed by atoms with E-state index in [0.29, 0.717) is 25.1 Å². The molecule has 1 aromatic carbocycles. The zero-order chi connectivity index (χ0) is 16.2. The van der Waals surface area contributed by atoms with Crippen LogP contribution >= 0.6 is 22.3 Å². The Morgan fingerprint density at radius 3 is 2.52 bits per heavy atom. The largest absolute Gasteiger partial charge is 0.385 e. The van der Waals surface area contributed by atoms with Crippen LogP contribution in [0.2, 0.25) is 5.02 Å². The van der Waals surface area contributed by atoms with Gasteiger partial charge in [-0.15, -0.1) is 0 Å². The Morgan fingerprint density at radius 2 is 2.00 bits per heavy atom. The Morgan fingerprint density at radius 1 is 1.38 bits per heavy atom. The molecular weight excluding hydrogens is 337 g/mol. The summed E-state index contributed by atoms with van der Waals surface area (Å²) in [6, 6.07) is 2.69. The van der Waals surface area contributed by atoms with Crippen LogP contribution in [-0.4, -0.2) is 46.5 Å². The van der Waals surface area contributed by atoms with Gasteiger partial charge in [0.05, 0.1) is 4.90 Å². The van der Waals surface area contributed by atoms with Gasteiger partial charge in [-0.05, 0) is 31.0 Å². The molecule has 1 amide bonds. The Kier molecular flexibility index (Phi) is 6.46. The number of hydrogen-bond acceptors (Lipinski definition) is 4. The molecule has 0 aromatic heterocycles. The molecule has 0 bridgehead atoms. The number of methoxy groups -OCH3 is 1. The van der Waals surface area contributed by atoms with Gasteiger partial charge in [0.15, 0.2) is 0 Å². The maximum absolute atomic E-state index is 12.3. The van der Waals surface area contributed by atoms with E-state index in [1.54, 1.807) is 14.2 Å². The van der Waals surface area contributed by atoms with Crippen molar-refractivity contribution in [1.29, 1.82) is 0 Å². The van der Waals surface area contributed by atoms with Gasteiger partial charge in [0.1, 0.15) is 0 Å². The fraction of sp³-hybridized carbons (Fsp3) is 0.462. The van der Waals surface area contributed by atoms with Crippen LogP contribution < -0.4 is 0 Å². The van der Waals surface area contributed by atoms with Crippen LogP contribution in [0.15, 0.2) is 17.0 Å². The van der Waals surface area contributed by atoms with E-state index in [1.165, 1.54) is 24.0 Å². The van der Waals surface area contributed by atoms with Crippen molar-refractivity contribution in [3.8, 4) is 0 Å². The lowest BCUT2D eigenvalue weighted by Crippen LogP contribution is -2.28. The van der Waals surface area contributed by atoms with E-state index in [1.807, 2.05) is 0 Å². The van der Waals surface area contributed by atoms with Crippen LogP contribution in [0, 0.1) is 6.92 Å². The lowest BCUT2D eigenvalue weighted by molar-refractivity contribution is 0.0779. The molecule has 1 aromatic rings. The number of carbonyl (C=O) groups is 1. The normalized spacial score (nSPS) is 11.5. The SMILES string of the molecule is COCCCN(C)C(=O)c1cc(Cl)c(C)c(S(=O)(=O)Cl)c1. The van der Waals surface area contributed by atoms with E-state index < -0.39 is 9.05 Å². The van der Waals surface area contributed by atoms with Gasteiger partial charge >= 0.3 is 0 Å². The first-order chi connectivity index (χ1) is 9.68. The summed E-state index contributed by atoms with van der Waals surface area (Å²) < 4.78 is 28.0. The van der Waals surface area contributed by atoms with E-state index >= 15 is 0 Å². The van der Waals surface area contributed by atoms with Crippen molar-refractivity contribution in [3.63, 3.8) is 0 Å². The molecule has 0 aliphatic heterocycles. The Labute approximate surface area is 134 Å². The molecule has 21 heavy (non-hydrogen) atoms. The summed E-state index contributed by atoms with van der Waals surface area (Å²) in [4.78, 5) is 13.6. The first-order valence-corrected chi connectivity index (χ1v) is 8.86. The predicted molar refractivity (Wildman–Crippen MR) is 82.7 cm³/mol. The third-order valence-electron chi connectivity index (χ3n) is 2.99. The average Bonchev–Trinajstić information content (AvgIpc) is 2.39. The summed E-state index contributed by atoms with van der Waals surface area (Å²) in [6.07, 6.45) is 0.680. The van der Waals surface area contributed by atoms with Gasteiger partial charge in [-0.3, -0.25) is 4.79 Å². The van der Waals surface area contributed by atoms with Gasteiger partial charge in [-0.25, -0.2) is 8.42 Å². The van der Waals surface area contributed by atoms with E-state index in [9.17, 15) is 13.2 Å². The highest BCUT2D eigenvalue weighted by Crippen LogP contribution is 2.28. The van der Waals surface area contributed by atoms with Crippen molar-refractivity contribution in [1.82, 2.24) is 4.90 Å². The second-order valence-electron chi connectivity index (χ2n) is 4.59. The van der Waals surface area contributed by atoms with Crippen LogP contribution in [0.4, 0.5) is 0 Å². The molecule has 118 valence electrons. The van der Waals surface area contributed by atoms with Crippen LogP contribution in [0.1, 0.15) is 22.3 Å². The van der Waals surface area contributed by atoms with Gasteiger partial charge < -0.3 is 9.64 Å². The molecule has 0 aliphatic rings. The quantitative estimate of drug-likeness (QED) is 0.582. The Balaban J connectivity index is 3.09. The zero-order valence-corrected chi connectivity index (χ0v) is 14.3. The Hall–Kier alpha value is -0.820. The third kappa shape index (κ3) is 4.85. The summed E-state index contributed by atoms with van der Waals surface area (Å²) in [6.45, 7) is 2.56. The summed E-state index contributed by atoms with van der Waals surface area (Å²) in [5.74, 6) is -0.324. The van der Waals surface area contributed by atoms with E-state index in [2.05, 4.69) is 0 Å². The highest BCUT2D eigenvalue weighted by molar-refractivity contribution is 8.13. The molecule has 0 radical (unpaired) electrons. The second kappa shape index (κ2) is 7.45. The molecule has 0 unspecified atom stereocenters. The number of nitrogens with zero attached hydrogens (tertiary/aromatic N) is 1. The fourth-order valence-corrected chi connectivity index (χ4v) is 3.30. The molecule has 8 heteroatoms. The molecule has 0 heterocycles. The maximum atomic E-state index is 12.3. The lowest BCUT2D eigenvalue weighted by Gasteiger charge is -2.18. The summed E-state index contributed by atoms with van der Waals surface area (Å²) in [7, 11) is 4.61. The van der Waals surface area contributed by atoms with Gasteiger partial charge in [0, 0.05) is 48.6 Å². The first kappa shape index (κ1) is 18.2. The molecule has 0 spiro atoms. The minimum atomic E-state index is -3.96. The number of halogens is 2. The number of rotatable bonds is 6. The van der Waals surface area contributed by atoms with Gasteiger partial charge in [-0.1, -0.05) is 11.6 Å². The number of ether oxygens (including phenoxy) is 1. The minimum Gasteiger partial charge on any atom is -0.385 e. The highest BCUT2D eigenvalue weighted by Gasteiger charge is 2.20. The smallest absolute Gasteiger partial charge is 0.261 e. The molecule has 0 atom stereocenters. The number of hydrogen-bond donors (Lipinski definition) is 0. The number of amides is 1. The molecule has 0 saturated heterocycles. The molecule has 0 aliphatic carbocycles. The molecule has 0 fully saturated rings. The zero-order valence-electron chi connectivity index (χ0n) is 12.0. The minimum absolute atomic E-state index is 0.148. The molecule has 1 rings (SSSR count). The molecule has 5 nitrogen and oxygen atoms in total. The van der Waals surface area contributed by atoms with Crippen molar-refractivity contribution in [2.24, 2.45) is 0 Å². The van der Waals surface area contributed by atoms with Crippen molar-refractivity contribution < 1.29 is 17.9 Å². The summed E-state index contributed by atoms with van der Waals surface area (Å²) >= 11 is 5.99. The van der Waals surface area contributed by atoms with Crippen molar-refractivity contribution in [3.05, 3.63) is 28.3 Å². The van der Waals surface area contributed by atoms with Crippen molar-refractivity contribution in [2.75, 3.05) is 27.3 Å². The van der Waals surface area contributed by atoms with Gasteiger partial charge in [0.25, 0.3) is 15.0 Å². The standard InChI is InChI=1S/C13H17Cl2NO4S/c1-9-11(14)7-10(8-12(9)21(15,18)19)13(17)16(2)5-4-6-20-3/h7-8H,4-6H2,1-3H3. The van der Waals surface area contributed by atoms with Crippen LogP contribution in [0.3, 0.4) is 0 Å². The lowest BCUT2D eigenvalue weighted by atomic mass is 10.1. The van der Waals surface area contributed by atoms with E-state index in [4.69, 9.17) is 27.0 Å². The van der Waals surface area contributed by atoms with Gasteiger partial charge in [-0.2, -0.15) is 0 Å². The Bertz CT molecular complexity index is 631. The molecule has 0 N–H and O–H groups in total. The third-order valence-corrected chi connectivity index (χ3v) is 4.84. The molecule has 0 saturated carbocycles. The highest BCUT2D eigenvalue weighted by atomic mass is 35.7. The topological polar surface area (TPSA) is 63.7 Å². The van der Waals surface area contributed by atoms with Crippen LogP contribution in [-0.2, 0) is 13.8 Å². The average molecular weight is 354 g/mol. The van der Waals surface area contributed by atoms with Crippen molar-refractivity contribution in [2.45, 2.75) is 18.2 Å². The van der Waals surface area contributed by atoms with Gasteiger partial charge in [0.2, 0.25) is 0 Å². The first-order valence-electron chi connectivity index (χ1n) is 6.17. The number of carbonyl (C=O) groups excluding carboxylic acids is 1. The summed E-state index contributed by atoms with van der Waals surface area (Å²) in [5.41, 5.74) is 0.509. The monoisotopic (exact) mass is 353 g/mol. The predicted octanol–water partition coefficient (Wildman–Crippen LogP) is 2.68. The fourth-order valence-electron chi connectivity index (χ4n) is 1.80. The number of benzene rings is 1. The van der Waals surface area contributed by atoms with Crippen molar-refractivity contribution >= 4 is 37.2 Å². The summed E-state index contributed by atoms with van der Waals surface area (Å²) in [5, 5.41) is 0.186. The van der Waals surface area contributed by atoms with E-state index in [0.717, 1.165) is 0 Å². The molecular formula is C13H17Cl2NO4S. The second-order valence-corrected chi connectivity index (χ2v) is 7.53. The van der Waals surface area contributed by atoms with E-state index in [-0.39, 0.29) is 21.4 Å². The van der Waals surface area contributed by atoms with Crippen LogP contribution in [0.25, 0.3) is 0 Å².